The fraction of sp³-hybridized carbons (Fsp3) is 0.526. The average Bonchev–Trinajstić information content (AvgIpc) is 4.08. The quantitative estimate of drug-likeness (QED) is 0.0643. The highest BCUT2D eigenvalue weighted by Crippen LogP contribution is 2.60. The number of ketones is 1. The van der Waals surface area contributed by atoms with Crippen LogP contribution in [0.1, 0.15) is 49.3 Å². The van der Waals surface area contributed by atoms with E-state index in [0.29, 0.717) is 27.9 Å². The Hall–Kier alpha value is -3.60. The molecule has 4 bridgehead atoms. The van der Waals surface area contributed by atoms with Gasteiger partial charge >= 0.3 is 13.4 Å². The number of fused-ring (bicyclic) bond motifs is 4. The molecule has 4 saturated heterocycles. The van der Waals surface area contributed by atoms with Crippen LogP contribution >= 0.6 is 13.4 Å². The number of aromatic nitrogens is 8. The Bertz CT molecular complexity index is 2790. The topological polar surface area (TPSA) is 232 Å². The zero-order valence-corrected chi connectivity index (χ0v) is 39.6. The van der Waals surface area contributed by atoms with Gasteiger partial charge in [0.2, 0.25) is 6.54 Å². The Kier molecular flexibility index (Phi) is 12.3. The van der Waals surface area contributed by atoms with E-state index in [1.165, 1.54) is 25.2 Å². The molecule has 2 unspecified atom stereocenters. The van der Waals surface area contributed by atoms with Gasteiger partial charge in [-0.05, 0) is 41.7 Å². The Morgan fingerprint density at radius 3 is 2.58 bits per heavy atom. The predicted molar refractivity (Wildman–Crippen MR) is 236 cm³/mol. The number of H-pyrrole nitrogens is 1. The van der Waals surface area contributed by atoms with Crippen LogP contribution in [0.2, 0.25) is 18.1 Å². The summed E-state index contributed by atoms with van der Waals surface area (Å²) in [6.07, 6.45) is -1.45. The molecule has 4 aliphatic rings. The number of aromatic amines is 1. The van der Waals surface area contributed by atoms with Gasteiger partial charge in [0.1, 0.15) is 54.6 Å². The number of nitrogens with one attached hydrogen (secondary N) is 1. The van der Waals surface area contributed by atoms with Crippen LogP contribution < -0.4 is 5.56 Å². The van der Waals surface area contributed by atoms with E-state index in [9.17, 15) is 14.5 Å². The molecule has 0 saturated carbocycles. The molecule has 64 heavy (non-hydrogen) atoms. The normalized spacial score (nSPS) is 32.2. The van der Waals surface area contributed by atoms with E-state index >= 15 is 0 Å². The molecule has 340 valence electrons. The number of imidazole rings is 2. The first-order chi connectivity index (χ1) is 30.4. The monoisotopic (exact) mass is 973 g/mol. The van der Waals surface area contributed by atoms with Gasteiger partial charge in [-0.15, -0.1) is 0 Å². The molecule has 0 radical (unpaired) electrons. The van der Waals surface area contributed by atoms with E-state index in [2.05, 4.69) is 68.8 Å². The van der Waals surface area contributed by atoms with Crippen LogP contribution in [-0.4, -0.2) is 127 Å². The smallest absolute Gasteiger partial charge is 0.328 e. The number of ether oxygens (including phenoxy) is 3. The summed E-state index contributed by atoms with van der Waals surface area (Å²) in [5.74, 6) is -0.147. The van der Waals surface area contributed by atoms with Crippen molar-refractivity contribution in [2.45, 2.75) is 93.9 Å². The molecule has 4 aromatic heterocycles. The van der Waals surface area contributed by atoms with Gasteiger partial charge in [-0.3, -0.25) is 27.8 Å². The molecule has 0 amide bonds. The molecule has 4 fully saturated rings. The fourth-order valence-electron chi connectivity index (χ4n) is 7.86. The number of hydrogen-bond acceptors (Lipinski definition) is 18. The maximum absolute atomic E-state index is 13.2. The van der Waals surface area contributed by atoms with Crippen LogP contribution in [0.15, 0.2) is 60.3 Å². The van der Waals surface area contributed by atoms with Crippen molar-refractivity contribution < 1.29 is 50.9 Å². The van der Waals surface area contributed by atoms with Crippen molar-refractivity contribution in [2.24, 2.45) is 0 Å². The van der Waals surface area contributed by atoms with Crippen molar-refractivity contribution in [1.82, 2.24) is 39.3 Å². The van der Waals surface area contributed by atoms with Crippen LogP contribution in [0.3, 0.4) is 0 Å². The molecule has 2 N–H and O–H groups in total. The van der Waals surface area contributed by atoms with Crippen LogP contribution in [0, 0.1) is 6.57 Å². The highest BCUT2D eigenvalue weighted by Gasteiger charge is 2.66. The van der Waals surface area contributed by atoms with Gasteiger partial charge in [0.15, 0.2) is 37.7 Å². The van der Waals surface area contributed by atoms with Gasteiger partial charge in [0.05, 0.1) is 56.3 Å². The van der Waals surface area contributed by atoms with Gasteiger partial charge in [-0.25, -0.2) is 31.6 Å². The van der Waals surface area contributed by atoms with E-state index in [0.717, 1.165) is 0 Å². The lowest BCUT2D eigenvalue weighted by molar-refractivity contribution is -0.183. The third kappa shape index (κ3) is 8.51. The minimum Gasteiger partial charge on any atom is -0.408 e. The molecule has 8 heterocycles. The van der Waals surface area contributed by atoms with Gasteiger partial charge in [0, 0.05) is 5.56 Å². The standard InChI is InChI=1S/C38H45N9O12P2S2Si/c1-37(2,3)64(5,6)59-29-26-16-53-60(50,62)58-32-31-36(47-21-42-27-23(40-19-41-33(27)47)14-25(48)22-10-8-7-9-11-22)56-38(32,17-51-31)18-54-61(63,52-13-12-39-4)57-30(29)35(55-26)46-20-43-28-24(46)15-44-45-34(28)49/h7-11,15,19-21,26,29-32,35-36H,12-14,16-18H2,1-3,5-6H3,(H,45,49)(H,50,62)/t26-,29-,30-,31-,32+,35-,36-,38+,60?,61?/m1/s1. The zero-order valence-electron chi connectivity index (χ0n) is 35.2. The molecule has 0 spiro atoms. The Morgan fingerprint density at radius 1 is 1.05 bits per heavy atom. The second-order valence-corrected chi connectivity index (χ2v) is 27.8. The Morgan fingerprint density at radius 2 is 1.81 bits per heavy atom. The van der Waals surface area contributed by atoms with Crippen LogP contribution in [0.5, 0.6) is 0 Å². The largest absolute Gasteiger partial charge is 0.408 e. The summed E-state index contributed by atoms with van der Waals surface area (Å²) in [5, 5.41) is 6.08. The maximum Gasteiger partial charge on any atom is 0.328 e. The molecular weight excluding hydrogens is 929 g/mol. The number of carbonyl (C=O) groups excluding carboxylic acids is 1. The predicted octanol–water partition coefficient (Wildman–Crippen LogP) is 4.53. The zero-order chi connectivity index (χ0) is 45.2. The number of benzene rings is 1. The van der Waals surface area contributed by atoms with E-state index in [1.54, 1.807) is 33.4 Å². The molecule has 0 aliphatic carbocycles. The highest BCUT2D eigenvalue weighted by atomic mass is 32.5. The van der Waals surface area contributed by atoms with Gasteiger partial charge in [0.25, 0.3) is 5.56 Å². The van der Waals surface area contributed by atoms with Gasteiger partial charge in [-0.1, -0.05) is 51.1 Å². The SMILES string of the molecule is [C-]#[N+]CCOP1(=S)OC[C@]23CO[C@@H]([C@H](n4cnc5c(CC(=O)c6ccccc6)ncnc54)O2)[C@@H]3OP(O)(=S)OC[C@H]2O[C@@H](n3cnc4c(=O)[nH]ncc43)[C@H](O1)[C@@H]2O[Si](C)(C)C(C)(C)C. The number of Topliss-reactive ketones (excluding diaryl/α,β-unsaturated/α-hetero) is 1. The first-order valence-corrected chi connectivity index (χ1v) is 28.3. The minimum atomic E-state index is -4.18. The molecule has 1 aromatic carbocycles. The lowest BCUT2D eigenvalue weighted by Gasteiger charge is -2.41. The summed E-state index contributed by atoms with van der Waals surface area (Å²) in [4.78, 5) is 59.1. The summed E-state index contributed by atoms with van der Waals surface area (Å²) < 4.78 is 62.3. The molecule has 21 nitrogen and oxygen atoms in total. The molecule has 4 aliphatic heterocycles. The summed E-state index contributed by atoms with van der Waals surface area (Å²) >= 11 is 11.9. The van der Waals surface area contributed by atoms with Gasteiger partial charge < -0.3 is 41.9 Å². The van der Waals surface area contributed by atoms with Crippen molar-refractivity contribution in [2.75, 3.05) is 33.0 Å². The Labute approximate surface area is 377 Å². The van der Waals surface area contributed by atoms with Crippen molar-refractivity contribution in [1.29, 1.82) is 0 Å². The molecule has 26 heteroatoms. The van der Waals surface area contributed by atoms with Gasteiger partial charge in [-0.2, -0.15) is 5.10 Å². The van der Waals surface area contributed by atoms with E-state index in [1.807, 2.05) is 6.07 Å². The third-order valence-corrected chi connectivity index (χ3v) is 20.5. The van der Waals surface area contributed by atoms with Crippen LogP contribution in [-0.2, 0) is 71.3 Å². The first-order valence-electron chi connectivity index (χ1n) is 20.3. The van der Waals surface area contributed by atoms with E-state index in [-0.39, 0.29) is 55.7 Å². The third-order valence-electron chi connectivity index (χ3n) is 12.1. The summed E-state index contributed by atoms with van der Waals surface area (Å²) in [7, 11) is -2.67. The van der Waals surface area contributed by atoms with E-state index in [4.69, 9.17) is 71.4 Å². The van der Waals surface area contributed by atoms with Crippen LogP contribution in [0.25, 0.3) is 27.0 Å². The summed E-state index contributed by atoms with van der Waals surface area (Å²) in [5.41, 5.74) is 0.0709. The number of carbonyl (C=O) groups is 1. The summed E-state index contributed by atoms with van der Waals surface area (Å²) in [6.45, 7) is 8.69. The molecule has 5 aromatic rings. The summed E-state index contributed by atoms with van der Waals surface area (Å²) in [6, 6.07) is 8.88. The first kappa shape index (κ1) is 45.5. The van der Waals surface area contributed by atoms with Crippen LogP contribution in [0.4, 0.5) is 0 Å². The van der Waals surface area contributed by atoms with E-state index < -0.39 is 75.9 Å². The number of nitrogens with zero attached hydrogens (tertiary/aromatic N) is 8. The van der Waals surface area contributed by atoms with Crippen molar-refractivity contribution in [3.8, 4) is 0 Å². The lowest BCUT2D eigenvalue weighted by atomic mass is 10.0. The Balaban J connectivity index is 1.09. The molecule has 9 rings (SSSR count). The average molecular weight is 974 g/mol. The number of hydrogen-bond donors (Lipinski definition) is 2. The van der Waals surface area contributed by atoms with Crippen molar-refractivity contribution in [3.63, 3.8) is 0 Å². The number of rotatable bonds is 10. The maximum atomic E-state index is 13.2. The van der Waals surface area contributed by atoms with Crippen molar-refractivity contribution in [3.05, 3.63) is 88.5 Å². The minimum absolute atomic E-state index is 0.0292. The van der Waals surface area contributed by atoms with Crippen molar-refractivity contribution >= 4 is 73.3 Å². The lowest BCUT2D eigenvalue weighted by Crippen LogP contribution is -2.50. The second kappa shape index (κ2) is 17.2. The highest BCUT2D eigenvalue weighted by molar-refractivity contribution is 8.07. The second-order valence-electron chi connectivity index (χ2n) is 17.2. The molecular formula is C38H45N9O12P2S2Si. The molecule has 10 atom stereocenters. The fourth-order valence-corrected chi connectivity index (χ4v) is 12.7.